The van der Waals surface area contributed by atoms with Gasteiger partial charge in [-0.05, 0) is 43.5 Å². The van der Waals surface area contributed by atoms with Crippen LogP contribution >= 0.6 is 0 Å². The van der Waals surface area contributed by atoms with Crippen molar-refractivity contribution < 1.29 is 0 Å². The van der Waals surface area contributed by atoms with Crippen LogP contribution in [0.15, 0.2) is 66.4 Å². The second kappa shape index (κ2) is 7.68. The Morgan fingerprint density at radius 3 is 2.79 bits per heavy atom. The highest BCUT2D eigenvalue weighted by Crippen LogP contribution is 2.19. The minimum atomic E-state index is -0.00193. The fraction of sp³-hybridized carbons (Fsp3) is 0.250. The molecule has 0 bridgehead atoms. The van der Waals surface area contributed by atoms with Crippen LogP contribution in [0, 0.1) is 0 Å². The summed E-state index contributed by atoms with van der Waals surface area (Å²) in [6, 6.07) is 9.57. The third-order valence-electron chi connectivity index (χ3n) is 4.11. The number of pyridine rings is 3. The van der Waals surface area contributed by atoms with E-state index in [0.29, 0.717) is 12.1 Å². The van der Waals surface area contributed by atoms with E-state index in [4.69, 9.17) is 0 Å². The molecule has 0 atom stereocenters. The summed E-state index contributed by atoms with van der Waals surface area (Å²) in [5.74, 6) is 0. The van der Waals surface area contributed by atoms with Gasteiger partial charge in [-0.3, -0.25) is 14.3 Å². The molecule has 3 rings (SSSR count). The van der Waals surface area contributed by atoms with Gasteiger partial charge >= 0.3 is 0 Å². The molecule has 0 aromatic carbocycles. The number of rotatable bonds is 7. The number of unbranched alkanes of at least 4 members (excludes halogenated alkanes) is 3. The first kappa shape index (κ1) is 16.1. The van der Waals surface area contributed by atoms with Gasteiger partial charge in [0, 0.05) is 41.6 Å². The fourth-order valence-corrected chi connectivity index (χ4v) is 2.88. The zero-order valence-corrected chi connectivity index (χ0v) is 13.7. The maximum absolute atomic E-state index is 13.0. The predicted molar refractivity (Wildman–Crippen MR) is 97.9 cm³/mol. The summed E-state index contributed by atoms with van der Waals surface area (Å²) >= 11 is 0. The van der Waals surface area contributed by atoms with Crippen LogP contribution in [-0.4, -0.2) is 14.5 Å². The highest BCUT2D eigenvalue weighted by molar-refractivity contribution is 5.81. The SMILES string of the molecule is C=CCCCCCn1c(=O)c(-c2cccnc2)cc2cccnc21. The normalized spacial score (nSPS) is 10.8. The molecular formula is C20H21N3O. The lowest BCUT2D eigenvalue weighted by atomic mass is 10.1. The predicted octanol–water partition coefficient (Wildman–Crippen LogP) is 4.20. The molecule has 0 saturated carbocycles. The molecule has 0 unspecified atom stereocenters. The van der Waals surface area contributed by atoms with E-state index in [0.717, 1.165) is 42.3 Å². The van der Waals surface area contributed by atoms with E-state index in [9.17, 15) is 4.79 Å². The fourth-order valence-electron chi connectivity index (χ4n) is 2.88. The Bertz CT molecular complexity index is 884. The lowest BCUT2D eigenvalue weighted by molar-refractivity contribution is 0.588. The van der Waals surface area contributed by atoms with Crippen molar-refractivity contribution in [2.45, 2.75) is 32.2 Å². The molecule has 0 fully saturated rings. The first-order chi connectivity index (χ1) is 11.8. The first-order valence-corrected chi connectivity index (χ1v) is 8.31. The number of nitrogens with zero attached hydrogens (tertiary/aromatic N) is 3. The van der Waals surface area contributed by atoms with Gasteiger partial charge in [0.15, 0.2) is 0 Å². The molecule has 4 nitrogen and oxygen atoms in total. The summed E-state index contributed by atoms with van der Waals surface area (Å²) in [5.41, 5.74) is 2.26. The summed E-state index contributed by atoms with van der Waals surface area (Å²) in [6.07, 6.45) is 11.3. The van der Waals surface area contributed by atoms with Crippen molar-refractivity contribution in [1.29, 1.82) is 0 Å². The Morgan fingerprint density at radius 2 is 2.00 bits per heavy atom. The second-order valence-corrected chi connectivity index (χ2v) is 5.81. The van der Waals surface area contributed by atoms with Crippen LogP contribution in [0.2, 0.25) is 0 Å². The summed E-state index contributed by atoms with van der Waals surface area (Å²) in [6.45, 7) is 4.42. The summed E-state index contributed by atoms with van der Waals surface area (Å²) in [4.78, 5) is 21.5. The molecule has 24 heavy (non-hydrogen) atoms. The van der Waals surface area contributed by atoms with Crippen LogP contribution in [-0.2, 0) is 6.54 Å². The number of hydrogen-bond donors (Lipinski definition) is 0. The van der Waals surface area contributed by atoms with Crippen LogP contribution in [0.4, 0.5) is 0 Å². The lowest BCUT2D eigenvalue weighted by Gasteiger charge is -2.12. The third-order valence-corrected chi connectivity index (χ3v) is 4.11. The standard InChI is InChI=1S/C20H21N3O/c1-2-3-4-5-6-13-23-19-16(9-8-12-22-19)14-18(20(23)24)17-10-7-11-21-15-17/h2,7-12,14-15H,1,3-6,13H2. The average Bonchev–Trinajstić information content (AvgIpc) is 2.63. The van der Waals surface area contributed by atoms with E-state index in [2.05, 4.69) is 16.5 Å². The molecule has 0 aliphatic heterocycles. The minimum Gasteiger partial charge on any atom is -0.292 e. The molecule has 0 amide bonds. The van der Waals surface area contributed by atoms with E-state index in [1.807, 2.05) is 36.4 Å². The maximum atomic E-state index is 13.0. The van der Waals surface area contributed by atoms with E-state index in [-0.39, 0.29) is 5.56 Å². The number of aromatic nitrogens is 3. The van der Waals surface area contributed by atoms with E-state index >= 15 is 0 Å². The highest BCUT2D eigenvalue weighted by atomic mass is 16.1. The molecule has 0 N–H and O–H groups in total. The summed E-state index contributed by atoms with van der Waals surface area (Å²) in [5, 5.41) is 0.974. The Hall–Kier alpha value is -2.75. The van der Waals surface area contributed by atoms with Gasteiger partial charge in [-0.25, -0.2) is 4.98 Å². The van der Waals surface area contributed by atoms with Crippen molar-refractivity contribution in [1.82, 2.24) is 14.5 Å². The summed E-state index contributed by atoms with van der Waals surface area (Å²) < 4.78 is 1.80. The second-order valence-electron chi connectivity index (χ2n) is 5.81. The average molecular weight is 319 g/mol. The van der Waals surface area contributed by atoms with Crippen LogP contribution in [0.25, 0.3) is 22.2 Å². The molecule has 3 aromatic rings. The summed E-state index contributed by atoms with van der Waals surface area (Å²) in [7, 11) is 0. The Kier molecular flexibility index (Phi) is 5.16. The van der Waals surface area contributed by atoms with Crippen molar-refractivity contribution in [3.63, 3.8) is 0 Å². The van der Waals surface area contributed by atoms with Crippen LogP contribution in [0.3, 0.4) is 0 Å². The Balaban J connectivity index is 2.00. The first-order valence-electron chi connectivity index (χ1n) is 8.31. The van der Waals surface area contributed by atoms with Gasteiger partial charge in [0.25, 0.3) is 5.56 Å². The van der Waals surface area contributed by atoms with Crippen LogP contribution in [0.1, 0.15) is 25.7 Å². The Morgan fingerprint density at radius 1 is 1.12 bits per heavy atom. The van der Waals surface area contributed by atoms with Gasteiger partial charge in [-0.2, -0.15) is 0 Å². The largest absolute Gasteiger partial charge is 0.292 e. The van der Waals surface area contributed by atoms with Crippen molar-refractivity contribution in [3.8, 4) is 11.1 Å². The van der Waals surface area contributed by atoms with Gasteiger partial charge < -0.3 is 0 Å². The van der Waals surface area contributed by atoms with Crippen LogP contribution < -0.4 is 5.56 Å². The molecule has 122 valence electrons. The molecule has 3 heterocycles. The molecule has 0 radical (unpaired) electrons. The smallest absolute Gasteiger partial charge is 0.260 e. The van der Waals surface area contributed by atoms with E-state index in [1.54, 1.807) is 23.2 Å². The van der Waals surface area contributed by atoms with Crippen molar-refractivity contribution in [2.75, 3.05) is 0 Å². The third kappa shape index (κ3) is 3.43. The van der Waals surface area contributed by atoms with Crippen molar-refractivity contribution in [3.05, 3.63) is 71.9 Å². The quantitative estimate of drug-likeness (QED) is 0.484. The van der Waals surface area contributed by atoms with Gasteiger partial charge in [0.05, 0.1) is 0 Å². The zero-order chi connectivity index (χ0) is 16.8. The molecule has 3 aromatic heterocycles. The van der Waals surface area contributed by atoms with Crippen molar-refractivity contribution in [2.24, 2.45) is 0 Å². The lowest BCUT2D eigenvalue weighted by Crippen LogP contribution is -2.23. The molecular weight excluding hydrogens is 298 g/mol. The monoisotopic (exact) mass is 319 g/mol. The molecule has 0 saturated heterocycles. The van der Waals surface area contributed by atoms with E-state index in [1.165, 1.54) is 0 Å². The number of hydrogen-bond acceptors (Lipinski definition) is 3. The number of aryl methyl sites for hydroxylation is 1. The topological polar surface area (TPSA) is 47.8 Å². The minimum absolute atomic E-state index is 0.00193. The maximum Gasteiger partial charge on any atom is 0.260 e. The zero-order valence-electron chi connectivity index (χ0n) is 13.7. The van der Waals surface area contributed by atoms with Gasteiger partial charge in [0.2, 0.25) is 0 Å². The van der Waals surface area contributed by atoms with E-state index < -0.39 is 0 Å². The highest BCUT2D eigenvalue weighted by Gasteiger charge is 2.11. The van der Waals surface area contributed by atoms with Crippen molar-refractivity contribution >= 4 is 11.0 Å². The van der Waals surface area contributed by atoms with Gasteiger partial charge in [-0.1, -0.05) is 18.6 Å². The van der Waals surface area contributed by atoms with Gasteiger partial charge in [-0.15, -0.1) is 6.58 Å². The number of fused-ring (bicyclic) bond motifs is 1. The molecule has 0 spiro atoms. The van der Waals surface area contributed by atoms with Crippen LogP contribution in [0.5, 0.6) is 0 Å². The van der Waals surface area contributed by atoms with Gasteiger partial charge in [0.1, 0.15) is 5.65 Å². The Labute approximate surface area is 141 Å². The number of allylic oxidation sites excluding steroid dienone is 1. The molecule has 0 aliphatic carbocycles. The molecule has 0 aliphatic rings. The molecule has 4 heteroatoms.